The lowest BCUT2D eigenvalue weighted by Crippen LogP contribution is -2.26. The molecule has 0 radical (unpaired) electrons. The Morgan fingerprint density at radius 2 is 1.90 bits per heavy atom. The van der Waals surface area contributed by atoms with Crippen LogP contribution in [0.1, 0.15) is 12.0 Å². The molecular formula is C17H18F2N2. The fraction of sp³-hybridized carbons (Fsp3) is 0.294. The zero-order valence-corrected chi connectivity index (χ0v) is 11.7. The van der Waals surface area contributed by atoms with Crippen LogP contribution in [0.3, 0.4) is 0 Å². The van der Waals surface area contributed by atoms with Gasteiger partial charge in [-0.15, -0.1) is 0 Å². The second-order valence-corrected chi connectivity index (χ2v) is 5.47. The number of halogens is 2. The molecule has 3 rings (SSSR count). The minimum absolute atomic E-state index is 0.202. The molecule has 110 valence electrons. The van der Waals surface area contributed by atoms with E-state index < -0.39 is 11.6 Å². The van der Waals surface area contributed by atoms with Crippen molar-refractivity contribution in [3.05, 3.63) is 65.7 Å². The summed E-state index contributed by atoms with van der Waals surface area (Å²) in [7, 11) is 0. The van der Waals surface area contributed by atoms with Crippen molar-refractivity contribution in [1.29, 1.82) is 0 Å². The van der Waals surface area contributed by atoms with Crippen LogP contribution in [0.2, 0.25) is 0 Å². The van der Waals surface area contributed by atoms with E-state index in [2.05, 4.69) is 22.3 Å². The summed E-state index contributed by atoms with van der Waals surface area (Å²) in [5.74, 6) is -1.08. The SMILES string of the molecule is Fc1ccc(NC2CCN(Cc3ccccc3)C2)c(F)c1. The second-order valence-electron chi connectivity index (χ2n) is 5.47. The third-order valence-corrected chi connectivity index (χ3v) is 3.81. The Balaban J connectivity index is 1.57. The van der Waals surface area contributed by atoms with Crippen LogP contribution < -0.4 is 5.32 Å². The summed E-state index contributed by atoms with van der Waals surface area (Å²) in [5.41, 5.74) is 1.66. The van der Waals surface area contributed by atoms with Gasteiger partial charge in [0, 0.05) is 31.7 Å². The second kappa shape index (κ2) is 6.22. The molecule has 0 bridgehead atoms. The normalized spacial score (nSPS) is 18.9. The molecule has 1 saturated heterocycles. The highest BCUT2D eigenvalue weighted by molar-refractivity contribution is 5.45. The van der Waals surface area contributed by atoms with Gasteiger partial charge in [0.1, 0.15) is 11.6 Å². The summed E-state index contributed by atoms with van der Waals surface area (Å²) in [6, 6.07) is 14.2. The van der Waals surface area contributed by atoms with E-state index in [4.69, 9.17) is 0 Å². The largest absolute Gasteiger partial charge is 0.379 e. The van der Waals surface area contributed by atoms with Crippen molar-refractivity contribution in [2.75, 3.05) is 18.4 Å². The standard InChI is InChI=1S/C17H18F2N2/c18-14-6-7-17(16(19)10-14)20-15-8-9-21(12-15)11-13-4-2-1-3-5-13/h1-7,10,15,20H,8-9,11-12H2. The average molecular weight is 288 g/mol. The summed E-state index contributed by atoms with van der Waals surface area (Å²) in [4.78, 5) is 2.34. The zero-order valence-electron chi connectivity index (χ0n) is 11.7. The van der Waals surface area contributed by atoms with Crippen molar-refractivity contribution < 1.29 is 8.78 Å². The number of rotatable bonds is 4. The van der Waals surface area contributed by atoms with Crippen molar-refractivity contribution in [3.8, 4) is 0 Å². The third kappa shape index (κ3) is 3.58. The Morgan fingerprint density at radius 3 is 2.67 bits per heavy atom. The predicted octanol–water partition coefficient (Wildman–Crippen LogP) is 3.65. The van der Waals surface area contributed by atoms with Gasteiger partial charge in [-0.1, -0.05) is 30.3 Å². The van der Waals surface area contributed by atoms with E-state index in [1.165, 1.54) is 17.7 Å². The lowest BCUT2D eigenvalue weighted by molar-refractivity contribution is 0.328. The molecule has 0 aliphatic carbocycles. The highest BCUT2D eigenvalue weighted by Crippen LogP contribution is 2.20. The van der Waals surface area contributed by atoms with Gasteiger partial charge in [-0.3, -0.25) is 4.90 Å². The molecule has 2 aromatic rings. The number of hydrogen-bond donors (Lipinski definition) is 1. The maximum absolute atomic E-state index is 13.6. The Labute approximate surface area is 123 Å². The number of nitrogens with one attached hydrogen (secondary N) is 1. The molecule has 0 amide bonds. The fourth-order valence-corrected chi connectivity index (χ4v) is 2.76. The topological polar surface area (TPSA) is 15.3 Å². The lowest BCUT2D eigenvalue weighted by Gasteiger charge is -2.17. The number of likely N-dealkylation sites (tertiary alicyclic amines) is 1. The van der Waals surface area contributed by atoms with Crippen LogP contribution in [-0.4, -0.2) is 24.0 Å². The van der Waals surface area contributed by atoms with Crippen molar-refractivity contribution in [3.63, 3.8) is 0 Å². The van der Waals surface area contributed by atoms with Gasteiger partial charge < -0.3 is 5.32 Å². The number of nitrogens with zero attached hydrogens (tertiary/aromatic N) is 1. The van der Waals surface area contributed by atoms with E-state index in [9.17, 15) is 8.78 Å². The Hall–Kier alpha value is -1.94. The first-order valence-corrected chi connectivity index (χ1v) is 7.18. The van der Waals surface area contributed by atoms with E-state index in [1.807, 2.05) is 18.2 Å². The minimum Gasteiger partial charge on any atom is -0.379 e. The monoisotopic (exact) mass is 288 g/mol. The first-order chi connectivity index (χ1) is 10.2. The maximum Gasteiger partial charge on any atom is 0.149 e. The molecule has 1 aliphatic heterocycles. The van der Waals surface area contributed by atoms with Crippen LogP contribution in [0.4, 0.5) is 14.5 Å². The first kappa shape index (κ1) is 14.0. The molecule has 1 N–H and O–H groups in total. The van der Waals surface area contributed by atoms with Crippen molar-refractivity contribution in [2.24, 2.45) is 0 Å². The molecule has 0 spiro atoms. The summed E-state index contributed by atoms with van der Waals surface area (Å²) >= 11 is 0. The van der Waals surface area contributed by atoms with Crippen LogP contribution in [0.5, 0.6) is 0 Å². The molecule has 4 heteroatoms. The lowest BCUT2D eigenvalue weighted by atomic mass is 10.2. The van der Waals surface area contributed by atoms with Crippen molar-refractivity contribution in [2.45, 2.75) is 19.0 Å². The van der Waals surface area contributed by atoms with Crippen LogP contribution >= 0.6 is 0 Å². The number of benzene rings is 2. The molecule has 2 nitrogen and oxygen atoms in total. The molecule has 1 aliphatic rings. The molecule has 0 aromatic heterocycles. The molecule has 2 aromatic carbocycles. The summed E-state index contributed by atoms with van der Waals surface area (Å²) in [6.07, 6.45) is 0.962. The predicted molar refractivity (Wildman–Crippen MR) is 80.1 cm³/mol. The molecule has 21 heavy (non-hydrogen) atoms. The van der Waals surface area contributed by atoms with Crippen LogP contribution in [0.15, 0.2) is 48.5 Å². The molecule has 1 heterocycles. The highest BCUT2D eigenvalue weighted by atomic mass is 19.1. The summed E-state index contributed by atoms with van der Waals surface area (Å²) < 4.78 is 26.5. The van der Waals surface area contributed by atoms with E-state index in [0.29, 0.717) is 5.69 Å². The van der Waals surface area contributed by atoms with Gasteiger partial charge in [0.25, 0.3) is 0 Å². The summed E-state index contributed by atoms with van der Waals surface area (Å²) in [5, 5.41) is 3.17. The van der Waals surface area contributed by atoms with Crippen molar-refractivity contribution >= 4 is 5.69 Å². The van der Waals surface area contributed by atoms with E-state index in [0.717, 1.165) is 32.1 Å². The van der Waals surface area contributed by atoms with Crippen LogP contribution in [-0.2, 0) is 6.54 Å². The molecule has 0 saturated carbocycles. The number of anilines is 1. The van der Waals surface area contributed by atoms with Gasteiger partial charge >= 0.3 is 0 Å². The van der Waals surface area contributed by atoms with Gasteiger partial charge in [0.15, 0.2) is 0 Å². The van der Waals surface area contributed by atoms with Crippen LogP contribution in [0, 0.1) is 11.6 Å². The van der Waals surface area contributed by atoms with Gasteiger partial charge in [-0.25, -0.2) is 8.78 Å². The van der Waals surface area contributed by atoms with E-state index in [1.54, 1.807) is 0 Å². The fourth-order valence-electron chi connectivity index (χ4n) is 2.76. The molecule has 1 atom stereocenters. The summed E-state index contributed by atoms with van der Waals surface area (Å²) in [6.45, 7) is 2.76. The van der Waals surface area contributed by atoms with E-state index >= 15 is 0 Å². The zero-order chi connectivity index (χ0) is 14.7. The van der Waals surface area contributed by atoms with E-state index in [-0.39, 0.29) is 6.04 Å². The van der Waals surface area contributed by atoms with Crippen LogP contribution in [0.25, 0.3) is 0 Å². The van der Waals surface area contributed by atoms with Crippen molar-refractivity contribution in [1.82, 2.24) is 4.90 Å². The minimum atomic E-state index is -0.546. The third-order valence-electron chi connectivity index (χ3n) is 3.81. The van der Waals surface area contributed by atoms with Gasteiger partial charge in [0.05, 0.1) is 5.69 Å². The molecule has 1 fully saturated rings. The van der Waals surface area contributed by atoms with Gasteiger partial charge in [-0.05, 0) is 24.1 Å². The smallest absolute Gasteiger partial charge is 0.149 e. The molecular weight excluding hydrogens is 270 g/mol. The Morgan fingerprint density at radius 1 is 1.10 bits per heavy atom. The molecule has 1 unspecified atom stereocenters. The Kier molecular flexibility index (Phi) is 4.15. The highest BCUT2D eigenvalue weighted by Gasteiger charge is 2.23. The Bertz CT molecular complexity index is 601. The first-order valence-electron chi connectivity index (χ1n) is 7.18. The number of hydrogen-bond acceptors (Lipinski definition) is 2. The van der Waals surface area contributed by atoms with Gasteiger partial charge in [-0.2, -0.15) is 0 Å². The van der Waals surface area contributed by atoms with Gasteiger partial charge in [0.2, 0.25) is 0 Å². The maximum atomic E-state index is 13.6. The average Bonchev–Trinajstić information content (AvgIpc) is 2.90. The quantitative estimate of drug-likeness (QED) is 0.924.